The van der Waals surface area contributed by atoms with E-state index in [1.165, 1.54) is 18.7 Å². The second-order valence-electron chi connectivity index (χ2n) is 26.8. The molecule has 0 aliphatic heterocycles. The van der Waals surface area contributed by atoms with E-state index in [-0.39, 0.29) is 81.2 Å². The molecule has 5 amide bonds. The highest BCUT2D eigenvalue weighted by Gasteiger charge is 2.27. The number of carbonyl (C=O) groups excluding carboxylic acids is 5. The summed E-state index contributed by atoms with van der Waals surface area (Å²) < 4.78 is 31.9. The number of carboxylic acids is 3. The zero-order valence-corrected chi connectivity index (χ0v) is 62.8. The Labute approximate surface area is 644 Å². The third-order valence-corrected chi connectivity index (χ3v) is 18.7. The van der Waals surface area contributed by atoms with Crippen molar-refractivity contribution in [2.45, 2.75) is 95.8 Å². The highest BCUT2D eigenvalue weighted by Crippen LogP contribution is 2.38. The van der Waals surface area contributed by atoms with Gasteiger partial charge in [0.05, 0.1) is 67.9 Å². The van der Waals surface area contributed by atoms with Gasteiger partial charge >= 0.3 is 17.9 Å². The monoisotopic (exact) mass is 1510 g/mol. The third kappa shape index (κ3) is 23.7. The van der Waals surface area contributed by atoms with E-state index >= 15 is 0 Å². The van der Waals surface area contributed by atoms with Crippen LogP contribution in [0.4, 0.5) is 22.7 Å². The van der Waals surface area contributed by atoms with Crippen molar-refractivity contribution < 1.29 is 77.4 Å². The maximum Gasteiger partial charge on any atom is 0.337 e. The number of nitrogens with two attached hydrogens (primary N) is 1. The number of nitrogens with one attached hydrogen (secondary N) is 7. The number of fused-ring (bicyclic) bond motifs is 2. The Morgan fingerprint density at radius 3 is 1.75 bits per heavy atom. The summed E-state index contributed by atoms with van der Waals surface area (Å²) in [6.07, 6.45) is 7.40. The normalized spacial score (nSPS) is 11.9. The number of hydrogen-bond donors (Lipinski definition) is 11. The van der Waals surface area contributed by atoms with Crippen LogP contribution in [-0.2, 0) is 45.4 Å². The van der Waals surface area contributed by atoms with Crippen LogP contribution in [0.3, 0.4) is 0 Å². The number of methoxy groups -OCH3 is 2. The first kappa shape index (κ1) is 82.5. The van der Waals surface area contributed by atoms with Crippen LogP contribution in [0.5, 0.6) is 23.0 Å². The predicted molar refractivity (Wildman–Crippen MR) is 426 cm³/mol. The fourth-order valence-corrected chi connectivity index (χ4v) is 12.2. The molecule has 3 atom stereocenters. The Kier molecular flexibility index (Phi) is 30.6. The number of ether oxygens (including phenoxy) is 5. The number of nitrogens with zero attached hydrogens (tertiary/aromatic N) is 2. The van der Waals surface area contributed by atoms with Crippen LogP contribution < -0.4 is 57.2 Å². The Morgan fingerprint density at radius 2 is 1.10 bits per heavy atom. The van der Waals surface area contributed by atoms with Crippen molar-refractivity contribution in [3.63, 3.8) is 0 Å². The van der Waals surface area contributed by atoms with Crippen molar-refractivity contribution in [1.82, 2.24) is 35.7 Å². The lowest BCUT2D eigenvalue weighted by Crippen LogP contribution is -2.49. The molecule has 0 bridgehead atoms. The fraction of sp³-hybridized carbons (Fsp3) is 0.294. The van der Waals surface area contributed by atoms with Crippen molar-refractivity contribution in [2.24, 2.45) is 5.73 Å². The molecule has 10 rings (SSSR count). The Morgan fingerprint density at radius 1 is 0.514 bits per heavy atom. The lowest BCUT2D eigenvalue weighted by Gasteiger charge is -2.23. The van der Waals surface area contributed by atoms with Gasteiger partial charge in [-0.2, -0.15) is 0 Å². The Bertz CT molecular complexity index is 4820. The molecule has 0 aliphatic carbocycles. The number of carbonyl (C=O) groups is 8. The molecular weight excluding hydrogens is 1420 g/mol. The van der Waals surface area contributed by atoms with E-state index in [2.05, 4.69) is 70.1 Å². The van der Waals surface area contributed by atoms with Crippen molar-refractivity contribution >= 4 is 92.0 Å². The van der Waals surface area contributed by atoms with Gasteiger partial charge in [-0.3, -0.25) is 24.0 Å². The minimum Gasteiger partial charge on any atom is -0.495 e. The number of anilines is 4. The van der Waals surface area contributed by atoms with E-state index in [4.69, 9.17) is 29.4 Å². The predicted octanol–water partition coefficient (Wildman–Crippen LogP) is 12.6. The summed E-state index contributed by atoms with van der Waals surface area (Å²) in [5.74, 6) is -2.91. The summed E-state index contributed by atoms with van der Waals surface area (Å²) in [5.41, 5.74) is 13.4. The molecule has 10 aromatic rings. The van der Waals surface area contributed by atoms with Gasteiger partial charge in [-0.25, -0.2) is 14.4 Å². The van der Waals surface area contributed by atoms with Gasteiger partial charge in [0.1, 0.15) is 54.3 Å². The Balaban J connectivity index is 0.000000287. The van der Waals surface area contributed by atoms with Gasteiger partial charge in [-0.15, -0.1) is 0 Å². The van der Waals surface area contributed by atoms with Gasteiger partial charge in [0.25, 0.3) is 11.8 Å². The molecule has 12 N–H and O–H groups in total. The molecule has 3 unspecified atom stereocenters. The summed E-state index contributed by atoms with van der Waals surface area (Å²) in [6.45, 7) is 7.47. The second-order valence-corrected chi connectivity index (χ2v) is 26.8. The maximum atomic E-state index is 13.3. The summed E-state index contributed by atoms with van der Waals surface area (Å²) in [6, 6.07) is 55.6. The number of para-hydroxylation sites is 4. The highest BCUT2D eigenvalue weighted by atomic mass is 16.5. The number of unbranched alkanes of at least 4 members (excludes halogenated alkanes) is 2. The summed E-state index contributed by atoms with van der Waals surface area (Å²) in [4.78, 5) is 100. The van der Waals surface area contributed by atoms with Crippen LogP contribution in [0.15, 0.2) is 207 Å². The van der Waals surface area contributed by atoms with Crippen LogP contribution in [0.1, 0.15) is 108 Å². The molecule has 26 heteroatoms. The van der Waals surface area contributed by atoms with Crippen molar-refractivity contribution in [2.75, 3.05) is 77.5 Å². The minimum atomic E-state index is -1.11. The van der Waals surface area contributed by atoms with Gasteiger partial charge in [0.15, 0.2) is 0 Å². The first-order chi connectivity index (χ1) is 53.7. The number of aromatic carboxylic acids is 1. The summed E-state index contributed by atoms with van der Waals surface area (Å²) in [5, 5.41) is 51.3. The van der Waals surface area contributed by atoms with E-state index in [1.807, 2.05) is 115 Å². The van der Waals surface area contributed by atoms with E-state index < -0.39 is 47.8 Å². The largest absolute Gasteiger partial charge is 0.495 e. The molecular formula is C85H96N10O16. The van der Waals surface area contributed by atoms with Crippen LogP contribution in [0, 0.1) is 0 Å². The molecule has 0 spiro atoms. The minimum absolute atomic E-state index is 0.0402. The first-order valence-electron chi connectivity index (χ1n) is 36.7. The molecule has 8 aromatic carbocycles. The summed E-state index contributed by atoms with van der Waals surface area (Å²) in [7, 11) is 3.09. The lowest BCUT2D eigenvalue weighted by atomic mass is 9.82. The number of carboxylic acid groups (broad SMARTS) is 3. The van der Waals surface area contributed by atoms with Crippen molar-refractivity contribution in [3.8, 4) is 34.1 Å². The van der Waals surface area contributed by atoms with Gasteiger partial charge < -0.3 is 91.1 Å². The lowest BCUT2D eigenvalue weighted by molar-refractivity contribution is -0.142. The van der Waals surface area contributed by atoms with Crippen molar-refractivity contribution in [3.05, 3.63) is 229 Å². The molecule has 0 fully saturated rings. The van der Waals surface area contributed by atoms with Gasteiger partial charge in [0, 0.05) is 48.6 Å². The van der Waals surface area contributed by atoms with Crippen LogP contribution in [0.2, 0.25) is 0 Å². The smallest absolute Gasteiger partial charge is 0.337 e. The zero-order valence-electron chi connectivity index (χ0n) is 62.8. The van der Waals surface area contributed by atoms with Crippen LogP contribution in [-0.4, -0.2) is 151 Å². The van der Waals surface area contributed by atoms with E-state index in [0.717, 1.165) is 39.4 Å². The maximum absolute atomic E-state index is 13.3. The first-order valence-corrected chi connectivity index (χ1v) is 36.7. The molecule has 582 valence electrons. The average molecular weight is 1510 g/mol. The standard InChI is InChI=1S/C51H57N7O11.C34H39N3O5/c1-66-45-29-34(35-19-21-41(46(30-35)67-2)56-39-15-7-5-13-37(39)50(62)63)18-20-40(45)55-38-14-6-4-12-36(38)48(60)53-24-26-68-27-28-69-32-47(59)57-42(16-9-10-23-52)49(61)54-31-44(51(64)65)58-25-22-33-11-3-8-17-43(33)58;1-4-34(2,3)26-15-17-27(18-16-26)42-28-12-9-11-25(22-28)32(39)35-20-8-7-13-29(33(40)41)36-31(38)23-37-21-19-24-10-5-6-14-30(24)37/h3-8,11-15,17-22,25,29-30,42,44,55-56H,9-10,16,23-24,26-28,31-32,52H2,1-2H3,(H,53,60)(H,54,61)(H,57,59)(H,62,63)(H,64,65);5-6,9-12,14-19,21-22,29H,4,7-8,13,20,23H2,1-3H3,(H,35,39)(H,36,38)(H,40,41). The number of benzene rings is 8. The van der Waals surface area contributed by atoms with Gasteiger partial charge in [-0.05, 0) is 187 Å². The highest BCUT2D eigenvalue weighted by molar-refractivity contribution is 6.01. The topological polar surface area (TPSA) is 363 Å². The van der Waals surface area contributed by atoms with E-state index in [1.54, 1.807) is 89.2 Å². The van der Waals surface area contributed by atoms with Crippen LogP contribution in [0.25, 0.3) is 32.9 Å². The molecule has 0 radical (unpaired) electrons. The van der Waals surface area contributed by atoms with Crippen LogP contribution >= 0.6 is 0 Å². The number of hydrogen-bond acceptors (Lipinski definition) is 16. The molecule has 26 nitrogen and oxygen atoms in total. The fourth-order valence-electron chi connectivity index (χ4n) is 12.2. The quantitative estimate of drug-likeness (QED) is 0.0159. The molecule has 0 saturated carbocycles. The zero-order chi connectivity index (χ0) is 79.2. The number of rotatable bonds is 41. The Hall–Kier alpha value is -12.5. The number of aromatic nitrogens is 2. The molecule has 0 aliphatic rings. The van der Waals surface area contributed by atoms with E-state index in [0.29, 0.717) is 102 Å². The molecule has 2 aromatic heterocycles. The molecule has 2 heterocycles. The number of aliphatic carboxylic acids is 2. The van der Waals surface area contributed by atoms with E-state index in [9.17, 15) is 53.7 Å². The SMILES string of the molecule is CCC(C)(C)c1ccc(Oc2cccc(C(=O)NCCCCC(NC(=O)Cn3ccc4ccccc43)C(=O)O)c2)cc1.COc1cc(-c2ccc(Nc3ccccc3C(=O)NCCOCCOCC(=O)NC(CCCCN)C(=O)NCC(C(=O)O)n3ccc4ccccc43)c(OC)c2)ccc1Nc1ccccc1C(=O)O. The molecule has 111 heavy (non-hydrogen) atoms. The molecule has 0 saturated heterocycles. The van der Waals surface area contributed by atoms with Gasteiger partial charge in [-0.1, -0.05) is 112 Å². The average Bonchev–Trinajstić information content (AvgIpc) is 1.79. The summed E-state index contributed by atoms with van der Waals surface area (Å²) >= 11 is 0. The van der Waals surface area contributed by atoms with Crippen molar-refractivity contribution in [1.29, 1.82) is 0 Å². The second kappa shape index (κ2) is 41.2. The third-order valence-electron chi connectivity index (χ3n) is 18.7. The van der Waals surface area contributed by atoms with Gasteiger partial charge in [0.2, 0.25) is 17.7 Å². The number of amides is 5.